The Bertz CT molecular complexity index is 507. The first-order valence-corrected chi connectivity index (χ1v) is 6.13. The van der Waals surface area contributed by atoms with Crippen molar-refractivity contribution in [2.24, 2.45) is 0 Å². The molecule has 4 heteroatoms. The zero-order valence-corrected chi connectivity index (χ0v) is 10.5. The van der Waals surface area contributed by atoms with Gasteiger partial charge in [0.1, 0.15) is 17.5 Å². The topological polar surface area (TPSA) is 59.1 Å². The van der Waals surface area contributed by atoms with Gasteiger partial charge in [-0.3, -0.25) is 4.79 Å². The van der Waals surface area contributed by atoms with Gasteiger partial charge in [-0.05, 0) is 31.5 Å². The van der Waals surface area contributed by atoms with E-state index in [1.807, 2.05) is 26.0 Å². The number of rotatable bonds is 2. The third-order valence-electron chi connectivity index (χ3n) is 3.31. The van der Waals surface area contributed by atoms with E-state index in [0.29, 0.717) is 24.2 Å². The van der Waals surface area contributed by atoms with Crippen LogP contribution in [0.2, 0.25) is 0 Å². The van der Waals surface area contributed by atoms with Crippen LogP contribution in [-0.4, -0.2) is 28.9 Å². The highest BCUT2D eigenvalue weighted by atomic mass is 16.7. The largest absolute Gasteiger partial charge is 0.487 e. The van der Waals surface area contributed by atoms with Crippen molar-refractivity contribution in [3.05, 3.63) is 29.3 Å². The van der Waals surface area contributed by atoms with Crippen LogP contribution >= 0.6 is 0 Å². The van der Waals surface area contributed by atoms with Crippen molar-refractivity contribution in [3.8, 4) is 5.75 Å². The van der Waals surface area contributed by atoms with Gasteiger partial charge in [-0.2, -0.15) is 0 Å². The first kappa shape index (κ1) is 11.7. The smallest absolute Gasteiger partial charge is 0.182 e. The van der Waals surface area contributed by atoms with Gasteiger partial charge in [0, 0.05) is 6.42 Å². The molecule has 0 amide bonds. The molecular weight excluding hydrogens is 232 g/mol. The molecule has 1 aromatic carbocycles. The summed E-state index contributed by atoms with van der Waals surface area (Å²) >= 11 is 0. The molecule has 0 bridgehead atoms. The Morgan fingerprint density at radius 1 is 1.44 bits per heavy atom. The Hall–Kier alpha value is -1.39. The summed E-state index contributed by atoms with van der Waals surface area (Å²) in [6.45, 7) is 3.82. The minimum absolute atomic E-state index is 0.115. The highest BCUT2D eigenvalue weighted by Crippen LogP contribution is 2.34. The van der Waals surface area contributed by atoms with E-state index >= 15 is 0 Å². The Labute approximate surface area is 106 Å². The van der Waals surface area contributed by atoms with E-state index in [-0.39, 0.29) is 11.9 Å². The van der Waals surface area contributed by atoms with Crippen LogP contribution in [0.15, 0.2) is 18.2 Å². The van der Waals surface area contributed by atoms with Crippen LogP contribution in [0.1, 0.15) is 36.2 Å². The first-order valence-electron chi connectivity index (χ1n) is 6.13. The third-order valence-corrected chi connectivity index (χ3v) is 3.31. The highest BCUT2D eigenvalue weighted by molar-refractivity contribution is 6.00. The van der Waals surface area contributed by atoms with E-state index in [1.165, 1.54) is 0 Å². The van der Waals surface area contributed by atoms with E-state index in [9.17, 15) is 4.79 Å². The predicted octanol–water partition coefficient (Wildman–Crippen LogP) is 1.69. The zero-order chi connectivity index (χ0) is 12.9. The molecule has 4 nitrogen and oxygen atoms in total. The summed E-state index contributed by atoms with van der Waals surface area (Å²) < 4.78 is 10.8. The summed E-state index contributed by atoms with van der Waals surface area (Å²) in [6.07, 6.45) is 0.298. The standard InChI is InChI=1S/C14H16O4/c1-14(2)7-10(15)9-4-3-8(5-11(9)18-14)6-12-13(16)17-12/h3-5,12-13,16H,6-7H2,1-2H3. The zero-order valence-electron chi connectivity index (χ0n) is 10.5. The lowest BCUT2D eigenvalue weighted by molar-refractivity contribution is 0.0619. The van der Waals surface area contributed by atoms with Gasteiger partial charge >= 0.3 is 0 Å². The number of fused-ring (bicyclic) bond motifs is 1. The van der Waals surface area contributed by atoms with Crippen molar-refractivity contribution in [1.29, 1.82) is 0 Å². The predicted molar refractivity (Wildman–Crippen MR) is 64.7 cm³/mol. The summed E-state index contributed by atoms with van der Waals surface area (Å²) in [7, 11) is 0. The molecule has 0 aliphatic carbocycles. The van der Waals surface area contributed by atoms with Crippen molar-refractivity contribution < 1.29 is 19.4 Å². The summed E-state index contributed by atoms with van der Waals surface area (Å²) in [5.74, 6) is 0.763. The van der Waals surface area contributed by atoms with Crippen LogP contribution in [0, 0.1) is 0 Å². The molecule has 0 radical (unpaired) electrons. The molecule has 3 rings (SSSR count). The molecule has 1 N–H and O–H groups in total. The van der Waals surface area contributed by atoms with Gasteiger partial charge in [0.2, 0.25) is 0 Å². The maximum atomic E-state index is 12.0. The van der Waals surface area contributed by atoms with Crippen LogP contribution in [0.5, 0.6) is 5.75 Å². The van der Waals surface area contributed by atoms with Crippen LogP contribution in [-0.2, 0) is 11.2 Å². The minimum Gasteiger partial charge on any atom is -0.487 e. The van der Waals surface area contributed by atoms with Gasteiger partial charge in [-0.1, -0.05) is 6.07 Å². The van der Waals surface area contributed by atoms with Gasteiger partial charge in [-0.25, -0.2) is 0 Å². The highest BCUT2D eigenvalue weighted by Gasteiger charge is 2.37. The normalized spacial score (nSPS) is 28.5. The van der Waals surface area contributed by atoms with Gasteiger partial charge in [0.15, 0.2) is 12.1 Å². The lowest BCUT2D eigenvalue weighted by Crippen LogP contribution is -2.35. The number of benzene rings is 1. The van der Waals surface area contributed by atoms with Gasteiger partial charge < -0.3 is 14.6 Å². The van der Waals surface area contributed by atoms with Gasteiger partial charge in [-0.15, -0.1) is 0 Å². The maximum Gasteiger partial charge on any atom is 0.182 e. The number of hydrogen-bond acceptors (Lipinski definition) is 4. The summed E-state index contributed by atoms with van der Waals surface area (Å²) in [5.41, 5.74) is 1.22. The molecule has 2 unspecified atom stereocenters. The number of ether oxygens (including phenoxy) is 2. The average Bonchev–Trinajstić information content (AvgIpc) is 2.91. The Morgan fingerprint density at radius 2 is 2.17 bits per heavy atom. The summed E-state index contributed by atoms with van der Waals surface area (Å²) in [4.78, 5) is 12.0. The second kappa shape index (κ2) is 3.80. The monoisotopic (exact) mass is 248 g/mol. The minimum atomic E-state index is -0.639. The SMILES string of the molecule is CC1(C)CC(=O)c2ccc(CC3OC3O)cc2O1. The van der Waals surface area contributed by atoms with Crippen LogP contribution in [0.25, 0.3) is 0 Å². The van der Waals surface area contributed by atoms with Crippen molar-refractivity contribution in [1.82, 2.24) is 0 Å². The lowest BCUT2D eigenvalue weighted by atomic mass is 9.92. The van der Waals surface area contributed by atoms with Crippen molar-refractivity contribution in [2.75, 3.05) is 0 Å². The fraction of sp³-hybridized carbons (Fsp3) is 0.500. The Morgan fingerprint density at radius 3 is 2.83 bits per heavy atom. The molecule has 1 fully saturated rings. The fourth-order valence-corrected chi connectivity index (χ4v) is 2.34. The van der Waals surface area contributed by atoms with Crippen LogP contribution < -0.4 is 4.74 Å². The lowest BCUT2D eigenvalue weighted by Gasteiger charge is -2.31. The average molecular weight is 248 g/mol. The van der Waals surface area contributed by atoms with E-state index in [2.05, 4.69) is 0 Å². The number of ketones is 1. The quantitative estimate of drug-likeness (QED) is 0.809. The fourth-order valence-electron chi connectivity index (χ4n) is 2.34. The van der Waals surface area contributed by atoms with E-state index in [1.54, 1.807) is 6.07 Å². The molecule has 0 aromatic heterocycles. The van der Waals surface area contributed by atoms with Crippen molar-refractivity contribution in [3.63, 3.8) is 0 Å². The number of aliphatic hydroxyl groups is 1. The van der Waals surface area contributed by atoms with Crippen molar-refractivity contribution in [2.45, 2.75) is 44.7 Å². The number of hydrogen-bond donors (Lipinski definition) is 1. The Balaban J connectivity index is 1.87. The second-order valence-electron chi connectivity index (χ2n) is 5.56. The molecule has 1 saturated heterocycles. The molecular formula is C14H16O4. The molecule has 1 aromatic rings. The molecule has 2 atom stereocenters. The summed E-state index contributed by atoms with van der Waals surface area (Å²) in [6, 6.07) is 5.58. The Kier molecular flexibility index (Phi) is 2.47. The van der Waals surface area contributed by atoms with E-state index < -0.39 is 11.9 Å². The number of aliphatic hydroxyl groups excluding tert-OH is 1. The molecule has 0 spiro atoms. The number of carbonyl (C=O) groups is 1. The van der Waals surface area contributed by atoms with Crippen LogP contribution in [0.3, 0.4) is 0 Å². The second-order valence-corrected chi connectivity index (χ2v) is 5.56. The molecule has 96 valence electrons. The third kappa shape index (κ3) is 2.13. The van der Waals surface area contributed by atoms with E-state index in [0.717, 1.165) is 5.56 Å². The number of carbonyl (C=O) groups excluding carboxylic acids is 1. The number of epoxide rings is 1. The molecule has 18 heavy (non-hydrogen) atoms. The summed E-state index contributed by atoms with van der Waals surface area (Å²) in [5, 5.41) is 9.14. The van der Waals surface area contributed by atoms with Crippen LogP contribution in [0.4, 0.5) is 0 Å². The van der Waals surface area contributed by atoms with Gasteiger partial charge in [0.05, 0.1) is 12.0 Å². The molecule has 2 aliphatic heterocycles. The molecule has 2 heterocycles. The van der Waals surface area contributed by atoms with Gasteiger partial charge in [0.25, 0.3) is 0 Å². The van der Waals surface area contributed by atoms with E-state index in [4.69, 9.17) is 14.6 Å². The molecule has 2 aliphatic rings. The first-order chi connectivity index (χ1) is 8.44. The van der Waals surface area contributed by atoms with Crippen molar-refractivity contribution >= 4 is 5.78 Å². The maximum absolute atomic E-state index is 12.0. The molecule has 0 saturated carbocycles. The number of Topliss-reactive ketones (excluding diaryl/α,β-unsaturated/α-hetero) is 1.